The molecule has 0 unspecified atom stereocenters. The van der Waals surface area contributed by atoms with Crippen LogP contribution in [0.25, 0.3) is 98.1 Å². The lowest BCUT2D eigenvalue weighted by Crippen LogP contribution is -1.92. The SMILES string of the molecule is c1ccc2c(c1)ccc1c(-c3c4ccccc4c(-c4ccc5c(ccc6oc7ccccc7c65)c4)c4ccccc34)cccc12. The van der Waals surface area contributed by atoms with Crippen LogP contribution in [0.2, 0.25) is 0 Å². The summed E-state index contributed by atoms with van der Waals surface area (Å²) in [5.41, 5.74) is 6.91. The highest BCUT2D eigenvalue weighted by atomic mass is 16.3. The Morgan fingerprint density at radius 1 is 0.311 bits per heavy atom. The average molecular weight is 571 g/mol. The van der Waals surface area contributed by atoms with Crippen LogP contribution in [0.4, 0.5) is 0 Å². The van der Waals surface area contributed by atoms with E-state index in [4.69, 9.17) is 4.42 Å². The zero-order valence-electron chi connectivity index (χ0n) is 24.4. The fourth-order valence-corrected chi connectivity index (χ4v) is 7.70. The largest absolute Gasteiger partial charge is 0.456 e. The van der Waals surface area contributed by atoms with Gasteiger partial charge in [0.05, 0.1) is 0 Å². The van der Waals surface area contributed by atoms with Crippen LogP contribution in [0.5, 0.6) is 0 Å². The molecule has 1 heterocycles. The lowest BCUT2D eigenvalue weighted by Gasteiger charge is -2.19. The maximum Gasteiger partial charge on any atom is 0.136 e. The maximum atomic E-state index is 6.20. The van der Waals surface area contributed by atoms with Crippen molar-refractivity contribution in [3.8, 4) is 22.3 Å². The minimum Gasteiger partial charge on any atom is -0.456 e. The summed E-state index contributed by atoms with van der Waals surface area (Å²) < 4.78 is 6.20. The molecule has 0 aliphatic heterocycles. The number of rotatable bonds is 2. The Bertz CT molecular complexity index is 2760. The third kappa shape index (κ3) is 3.50. The van der Waals surface area contributed by atoms with E-state index >= 15 is 0 Å². The molecule has 0 saturated heterocycles. The smallest absolute Gasteiger partial charge is 0.136 e. The van der Waals surface area contributed by atoms with E-state index in [1.54, 1.807) is 0 Å². The van der Waals surface area contributed by atoms with Gasteiger partial charge in [-0.1, -0.05) is 140 Å². The van der Waals surface area contributed by atoms with Gasteiger partial charge in [-0.25, -0.2) is 0 Å². The Morgan fingerprint density at radius 2 is 0.911 bits per heavy atom. The first-order valence-corrected chi connectivity index (χ1v) is 15.5. The van der Waals surface area contributed by atoms with E-state index in [1.807, 2.05) is 12.1 Å². The van der Waals surface area contributed by atoms with Gasteiger partial charge in [-0.3, -0.25) is 0 Å². The van der Waals surface area contributed by atoms with Gasteiger partial charge in [0.25, 0.3) is 0 Å². The molecule has 1 heteroatoms. The Kier molecular flexibility index (Phi) is 5.06. The second-order valence-electron chi connectivity index (χ2n) is 12.0. The van der Waals surface area contributed by atoms with E-state index in [0.29, 0.717) is 0 Å². The lowest BCUT2D eigenvalue weighted by atomic mass is 9.84. The summed E-state index contributed by atoms with van der Waals surface area (Å²) in [5.74, 6) is 0. The summed E-state index contributed by atoms with van der Waals surface area (Å²) in [6, 6.07) is 57.4. The highest BCUT2D eigenvalue weighted by molar-refractivity contribution is 6.26. The van der Waals surface area contributed by atoms with E-state index in [-0.39, 0.29) is 0 Å². The first kappa shape index (κ1) is 24.5. The number of para-hydroxylation sites is 1. The summed E-state index contributed by atoms with van der Waals surface area (Å²) in [7, 11) is 0. The van der Waals surface area contributed by atoms with Crippen LogP contribution in [0.1, 0.15) is 0 Å². The molecule has 0 fully saturated rings. The molecule has 45 heavy (non-hydrogen) atoms. The average Bonchev–Trinajstić information content (AvgIpc) is 3.49. The number of hydrogen-bond donors (Lipinski definition) is 0. The first-order valence-electron chi connectivity index (χ1n) is 15.5. The van der Waals surface area contributed by atoms with Crippen molar-refractivity contribution >= 4 is 75.8 Å². The Morgan fingerprint density at radius 3 is 1.69 bits per heavy atom. The highest BCUT2D eigenvalue weighted by Crippen LogP contribution is 2.46. The van der Waals surface area contributed by atoms with Crippen molar-refractivity contribution in [1.82, 2.24) is 0 Å². The topological polar surface area (TPSA) is 13.1 Å². The third-order valence-electron chi connectivity index (χ3n) is 9.63. The molecule has 1 nitrogen and oxygen atoms in total. The zero-order chi connectivity index (χ0) is 29.5. The van der Waals surface area contributed by atoms with Gasteiger partial charge in [0, 0.05) is 10.8 Å². The molecule has 0 N–H and O–H groups in total. The van der Waals surface area contributed by atoms with Gasteiger partial charge in [-0.15, -0.1) is 0 Å². The van der Waals surface area contributed by atoms with Gasteiger partial charge < -0.3 is 4.42 Å². The van der Waals surface area contributed by atoms with Crippen LogP contribution in [0, 0.1) is 0 Å². The Hall–Kier alpha value is -5.92. The molecule has 0 aliphatic carbocycles. The standard InChI is InChI=1S/C44H26O/c1-2-11-30-27(10-1)20-24-33-32(30)17-9-18-34(33)43-37-14-5-3-12-35(37)42(36-13-4-6-15-38(36)43)29-21-23-31-28(26-29)22-25-41-44(31)39-16-7-8-19-40(39)45-41/h1-26H. The number of fused-ring (bicyclic) bond motifs is 10. The van der Waals surface area contributed by atoms with Crippen molar-refractivity contribution in [2.45, 2.75) is 0 Å². The fourth-order valence-electron chi connectivity index (χ4n) is 7.70. The first-order chi connectivity index (χ1) is 22.3. The number of furan rings is 1. The quantitative estimate of drug-likeness (QED) is 0.149. The molecule has 0 atom stereocenters. The predicted octanol–water partition coefficient (Wildman–Crippen LogP) is 12.7. The summed E-state index contributed by atoms with van der Waals surface area (Å²) >= 11 is 0. The summed E-state index contributed by atoms with van der Waals surface area (Å²) in [5, 5.41) is 15.0. The molecular weight excluding hydrogens is 544 g/mol. The maximum absolute atomic E-state index is 6.20. The highest BCUT2D eigenvalue weighted by Gasteiger charge is 2.19. The second kappa shape index (κ2) is 9.29. The van der Waals surface area contributed by atoms with Gasteiger partial charge in [0.15, 0.2) is 0 Å². The van der Waals surface area contributed by atoms with E-state index in [2.05, 4.69) is 146 Å². The van der Waals surface area contributed by atoms with Crippen LogP contribution in [-0.2, 0) is 0 Å². The zero-order valence-corrected chi connectivity index (χ0v) is 24.4. The van der Waals surface area contributed by atoms with E-state index < -0.39 is 0 Å². The molecule has 0 bridgehead atoms. The van der Waals surface area contributed by atoms with Gasteiger partial charge in [-0.05, 0) is 94.3 Å². The van der Waals surface area contributed by atoms with Crippen LogP contribution >= 0.6 is 0 Å². The number of benzene rings is 9. The molecule has 0 radical (unpaired) electrons. The predicted molar refractivity (Wildman–Crippen MR) is 192 cm³/mol. The monoisotopic (exact) mass is 570 g/mol. The van der Waals surface area contributed by atoms with Crippen molar-refractivity contribution in [2.75, 3.05) is 0 Å². The molecule has 0 amide bonds. The molecule has 1 aromatic heterocycles. The van der Waals surface area contributed by atoms with E-state index in [1.165, 1.54) is 81.5 Å². The van der Waals surface area contributed by atoms with Crippen LogP contribution in [0.3, 0.4) is 0 Å². The molecule has 0 aliphatic rings. The minimum atomic E-state index is 0.929. The van der Waals surface area contributed by atoms with Crippen LogP contribution < -0.4 is 0 Å². The second-order valence-corrected chi connectivity index (χ2v) is 12.0. The van der Waals surface area contributed by atoms with Crippen molar-refractivity contribution in [1.29, 1.82) is 0 Å². The fraction of sp³-hybridized carbons (Fsp3) is 0. The van der Waals surface area contributed by atoms with Crippen molar-refractivity contribution in [3.05, 3.63) is 158 Å². The molecule has 208 valence electrons. The molecule has 10 rings (SSSR count). The number of hydrogen-bond acceptors (Lipinski definition) is 1. The van der Waals surface area contributed by atoms with Crippen molar-refractivity contribution < 1.29 is 4.42 Å². The van der Waals surface area contributed by atoms with E-state index in [0.717, 1.165) is 16.6 Å². The van der Waals surface area contributed by atoms with Gasteiger partial charge in [0.2, 0.25) is 0 Å². The van der Waals surface area contributed by atoms with Gasteiger partial charge >= 0.3 is 0 Å². The van der Waals surface area contributed by atoms with Crippen LogP contribution in [-0.4, -0.2) is 0 Å². The summed E-state index contributed by atoms with van der Waals surface area (Å²) in [6.07, 6.45) is 0. The van der Waals surface area contributed by atoms with Gasteiger partial charge in [0.1, 0.15) is 11.2 Å². The van der Waals surface area contributed by atoms with Crippen LogP contribution in [0.15, 0.2) is 162 Å². The van der Waals surface area contributed by atoms with Gasteiger partial charge in [-0.2, -0.15) is 0 Å². The van der Waals surface area contributed by atoms with Crippen molar-refractivity contribution in [3.63, 3.8) is 0 Å². The van der Waals surface area contributed by atoms with E-state index in [9.17, 15) is 0 Å². The molecule has 9 aromatic carbocycles. The normalized spacial score (nSPS) is 12.0. The summed E-state index contributed by atoms with van der Waals surface area (Å²) in [6.45, 7) is 0. The lowest BCUT2D eigenvalue weighted by molar-refractivity contribution is 0.669. The molecule has 0 saturated carbocycles. The molecular formula is C44H26O. The minimum absolute atomic E-state index is 0.929. The van der Waals surface area contributed by atoms with Crippen molar-refractivity contribution in [2.24, 2.45) is 0 Å². The summed E-state index contributed by atoms with van der Waals surface area (Å²) in [4.78, 5) is 0. The third-order valence-corrected chi connectivity index (χ3v) is 9.63. The Balaban J connectivity index is 1.29. The molecule has 0 spiro atoms. The molecule has 10 aromatic rings. The Labute approximate surface area is 259 Å².